The maximum absolute atomic E-state index is 13.9. The van der Waals surface area contributed by atoms with Crippen molar-refractivity contribution < 1.29 is 19.1 Å². The molecular formula is C36H32N4O4S. The molecule has 0 bridgehead atoms. The highest BCUT2D eigenvalue weighted by molar-refractivity contribution is 8.00. The molecule has 1 aromatic heterocycles. The van der Waals surface area contributed by atoms with Crippen molar-refractivity contribution in [3.05, 3.63) is 119 Å². The third-order valence-corrected chi connectivity index (χ3v) is 9.40. The van der Waals surface area contributed by atoms with E-state index in [1.165, 1.54) is 22.2 Å². The van der Waals surface area contributed by atoms with Crippen molar-refractivity contribution in [3.8, 4) is 11.8 Å². The molecule has 4 aromatic rings. The fourth-order valence-corrected chi connectivity index (χ4v) is 6.93. The summed E-state index contributed by atoms with van der Waals surface area (Å²) in [5, 5.41) is 10.5. The first-order valence-corrected chi connectivity index (χ1v) is 15.9. The number of nitriles is 1. The molecule has 2 aliphatic rings. The second-order valence-electron chi connectivity index (χ2n) is 11.2. The van der Waals surface area contributed by atoms with Crippen molar-refractivity contribution in [1.82, 2.24) is 9.88 Å². The van der Waals surface area contributed by atoms with Crippen molar-refractivity contribution in [3.63, 3.8) is 0 Å². The van der Waals surface area contributed by atoms with E-state index in [0.29, 0.717) is 27.9 Å². The van der Waals surface area contributed by atoms with Gasteiger partial charge in [0.1, 0.15) is 22.9 Å². The largest absolute Gasteiger partial charge is 0.497 e. The lowest BCUT2D eigenvalue weighted by molar-refractivity contribution is -0.136. The molecule has 6 rings (SSSR count). The van der Waals surface area contributed by atoms with Gasteiger partial charge in [0, 0.05) is 12.2 Å². The Bertz CT molecular complexity index is 1760. The van der Waals surface area contributed by atoms with Crippen LogP contribution in [0.4, 0.5) is 5.69 Å². The summed E-state index contributed by atoms with van der Waals surface area (Å²) in [6.07, 6.45) is 2.46. The van der Waals surface area contributed by atoms with Crippen LogP contribution in [0.15, 0.2) is 96.0 Å². The SMILES string of the molecule is COc1ccc(N2C(=O)CC(N(Cc3ccccc3)C(=O)CSc3nc4c(cc3C#N)CC(c3ccccc3)CC4)C2=O)cc1. The quantitative estimate of drug-likeness (QED) is 0.176. The van der Waals surface area contributed by atoms with Gasteiger partial charge in [-0.1, -0.05) is 72.4 Å². The normalized spacial score (nSPS) is 17.5. The Balaban J connectivity index is 1.21. The summed E-state index contributed by atoms with van der Waals surface area (Å²) in [6.45, 7) is 0.171. The maximum atomic E-state index is 13.9. The Morgan fingerprint density at radius 1 is 1.02 bits per heavy atom. The van der Waals surface area contributed by atoms with Crippen LogP contribution in [0.3, 0.4) is 0 Å². The van der Waals surface area contributed by atoms with Crippen LogP contribution in [0.1, 0.15) is 46.7 Å². The van der Waals surface area contributed by atoms with Crippen LogP contribution in [0.25, 0.3) is 0 Å². The molecule has 3 aromatic carbocycles. The van der Waals surface area contributed by atoms with Crippen LogP contribution in [-0.2, 0) is 33.8 Å². The lowest BCUT2D eigenvalue weighted by Gasteiger charge is -2.28. The summed E-state index contributed by atoms with van der Waals surface area (Å²) in [7, 11) is 1.54. The zero-order valence-electron chi connectivity index (χ0n) is 24.9. The van der Waals surface area contributed by atoms with Gasteiger partial charge >= 0.3 is 0 Å². The summed E-state index contributed by atoms with van der Waals surface area (Å²) in [4.78, 5) is 48.2. The second kappa shape index (κ2) is 13.4. The van der Waals surface area contributed by atoms with E-state index in [0.717, 1.165) is 41.0 Å². The van der Waals surface area contributed by atoms with Crippen LogP contribution in [0.2, 0.25) is 0 Å². The smallest absolute Gasteiger partial charge is 0.257 e. The van der Waals surface area contributed by atoms with Gasteiger partial charge < -0.3 is 9.64 Å². The highest BCUT2D eigenvalue weighted by Crippen LogP contribution is 2.35. The molecule has 0 spiro atoms. The number of amides is 3. The minimum Gasteiger partial charge on any atom is -0.497 e. The number of carbonyl (C=O) groups is 3. The van der Waals surface area contributed by atoms with Crippen LogP contribution in [0.5, 0.6) is 5.75 Å². The molecule has 1 fully saturated rings. The van der Waals surface area contributed by atoms with Gasteiger partial charge in [0.05, 0.1) is 30.5 Å². The van der Waals surface area contributed by atoms with Crippen molar-refractivity contribution in [2.45, 2.75) is 49.2 Å². The van der Waals surface area contributed by atoms with Gasteiger partial charge in [0.15, 0.2) is 0 Å². The summed E-state index contributed by atoms with van der Waals surface area (Å²) >= 11 is 1.20. The molecule has 0 N–H and O–H groups in total. The number of carbonyl (C=O) groups excluding carboxylic acids is 3. The van der Waals surface area contributed by atoms with Crippen LogP contribution in [0, 0.1) is 11.3 Å². The van der Waals surface area contributed by atoms with E-state index < -0.39 is 11.9 Å². The van der Waals surface area contributed by atoms with Crippen molar-refractivity contribution in [2.24, 2.45) is 0 Å². The average molecular weight is 617 g/mol. The highest BCUT2D eigenvalue weighted by Gasteiger charge is 2.44. The fraction of sp³-hybridized carbons (Fsp3) is 0.250. The monoisotopic (exact) mass is 616 g/mol. The number of aromatic nitrogens is 1. The zero-order valence-corrected chi connectivity index (χ0v) is 25.7. The molecule has 2 atom stereocenters. The highest BCUT2D eigenvalue weighted by atomic mass is 32.2. The second-order valence-corrected chi connectivity index (χ2v) is 12.2. The number of thioether (sulfide) groups is 1. The van der Waals surface area contributed by atoms with Gasteiger partial charge in [-0.25, -0.2) is 9.88 Å². The average Bonchev–Trinajstić information content (AvgIpc) is 3.38. The Hall–Kier alpha value is -4.94. The molecule has 1 saturated heterocycles. The fourth-order valence-electron chi connectivity index (χ4n) is 6.07. The summed E-state index contributed by atoms with van der Waals surface area (Å²) in [6, 6.07) is 29.7. The number of hydrogen-bond acceptors (Lipinski definition) is 7. The molecule has 3 amide bonds. The number of anilines is 1. The first-order chi connectivity index (χ1) is 21.9. The molecular weight excluding hydrogens is 584 g/mol. The van der Waals surface area contributed by atoms with Gasteiger partial charge in [-0.05, 0) is 72.2 Å². The molecule has 8 nitrogen and oxygen atoms in total. The molecule has 0 saturated carbocycles. The van der Waals surface area contributed by atoms with Crippen LogP contribution >= 0.6 is 11.8 Å². The number of benzene rings is 3. The molecule has 1 aliphatic heterocycles. The van der Waals surface area contributed by atoms with Crippen LogP contribution in [-0.4, -0.2) is 46.5 Å². The summed E-state index contributed by atoms with van der Waals surface area (Å²) < 4.78 is 5.21. The van der Waals surface area contributed by atoms with Crippen molar-refractivity contribution >= 4 is 35.2 Å². The molecule has 1 aliphatic carbocycles. The molecule has 2 unspecified atom stereocenters. The van der Waals surface area contributed by atoms with Crippen LogP contribution < -0.4 is 9.64 Å². The Kier molecular flexibility index (Phi) is 8.94. The van der Waals surface area contributed by atoms with E-state index in [1.807, 2.05) is 54.6 Å². The Morgan fingerprint density at radius 2 is 1.73 bits per heavy atom. The van der Waals surface area contributed by atoms with Gasteiger partial charge in [-0.15, -0.1) is 0 Å². The van der Waals surface area contributed by atoms with E-state index in [9.17, 15) is 19.6 Å². The Labute approximate surface area is 266 Å². The van der Waals surface area contributed by atoms with Gasteiger partial charge in [-0.2, -0.15) is 5.26 Å². The lowest BCUT2D eigenvalue weighted by Crippen LogP contribution is -2.45. The number of ether oxygens (including phenoxy) is 1. The minimum absolute atomic E-state index is 0.0273. The first kappa shape index (κ1) is 30.1. The number of pyridine rings is 1. The van der Waals surface area contributed by atoms with Gasteiger partial charge in [-0.3, -0.25) is 14.4 Å². The molecule has 45 heavy (non-hydrogen) atoms. The third-order valence-electron chi connectivity index (χ3n) is 8.42. The van der Waals surface area contributed by atoms with Crippen molar-refractivity contribution in [2.75, 3.05) is 17.8 Å². The van der Waals surface area contributed by atoms with E-state index in [1.54, 1.807) is 31.4 Å². The predicted octanol–water partition coefficient (Wildman–Crippen LogP) is 5.69. The van der Waals surface area contributed by atoms with E-state index >= 15 is 0 Å². The number of rotatable bonds is 9. The van der Waals surface area contributed by atoms with E-state index in [-0.39, 0.29) is 30.5 Å². The summed E-state index contributed by atoms with van der Waals surface area (Å²) in [5.41, 5.74) is 5.03. The number of imide groups is 1. The number of hydrogen-bond donors (Lipinski definition) is 0. The molecule has 9 heteroatoms. The third kappa shape index (κ3) is 6.47. The Morgan fingerprint density at radius 3 is 2.42 bits per heavy atom. The summed E-state index contributed by atoms with van der Waals surface area (Å²) in [5.74, 6) is -0.166. The van der Waals surface area contributed by atoms with E-state index in [4.69, 9.17) is 9.72 Å². The zero-order chi connectivity index (χ0) is 31.3. The van der Waals surface area contributed by atoms with Gasteiger partial charge in [0.25, 0.3) is 5.91 Å². The number of aryl methyl sites for hydroxylation is 1. The lowest BCUT2D eigenvalue weighted by atomic mass is 9.82. The number of nitrogens with zero attached hydrogens (tertiary/aromatic N) is 4. The first-order valence-electron chi connectivity index (χ1n) is 14.9. The molecule has 0 radical (unpaired) electrons. The minimum atomic E-state index is -0.949. The topological polar surface area (TPSA) is 104 Å². The number of methoxy groups -OCH3 is 1. The maximum Gasteiger partial charge on any atom is 0.257 e. The predicted molar refractivity (Wildman–Crippen MR) is 172 cm³/mol. The number of fused-ring (bicyclic) bond motifs is 1. The molecule has 226 valence electrons. The molecule has 2 heterocycles. The standard InChI is InChI=1S/C36H32N4O4S/c1-44-30-15-13-29(14-16-30)40-33(41)20-32(36(40)43)39(22-24-8-4-2-5-9-24)34(42)23-45-35-28(21-37)19-27-18-26(12-17-31(27)38-35)25-10-6-3-7-11-25/h2-11,13-16,19,26,32H,12,17-18,20,22-23H2,1H3. The van der Waals surface area contributed by atoms with Gasteiger partial charge in [0.2, 0.25) is 11.8 Å². The van der Waals surface area contributed by atoms with E-state index in [2.05, 4.69) is 18.2 Å². The van der Waals surface area contributed by atoms with Crippen molar-refractivity contribution in [1.29, 1.82) is 5.26 Å².